The molecule has 0 spiro atoms. The number of carbonyl (C=O) groups is 1. The molecule has 27 heavy (non-hydrogen) atoms. The molecule has 1 atom stereocenters. The summed E-state index contributed by atoms with van der Waals surface area (Å²) in [5, 5.41) is 12.5. The number of carboxylic acid groups (broad SMARTS) is 1. The van der Waals surface area contributed by atoms with Gasteiger partial charge in [-0.05, 0) is 49.8 Å². The van der Waals surface area contributed by atoms with Crippen molar-refractivity contribution in [3.05, 3.63) is 46.7 Å². The van der Waals surface area contributed by atoms with E-state index in [1.807, 2.05) is 24.3 Å². The zero-order valence-electron chi connectivity index (χ0n) is 14.9. The number of nitrogens with one attached hydrogen (secondary N) is 1. The third-order valence-electron chi connectivity index (χ3n) is 4.38. The molecule has 0 aliphatic carbocycles. The molecule has 0 amide bonds. The SMILES string of the molecule is Cl.O=C(O)CCc1ccc(Nc2ncc(Cl)c(CC[C@@H]3CCCO3)n2)cc1. The lowest BCUT2D eigenvalue weighted by atomic mass is 10.1. The Kier molecular flexibility index (Phi) is 8.28. The normalized spacial score (nSPS) is 16.0. The number of ether oxygens (including phenoxy) is 1. The fourth-order valence-electron chi connectivity index (χ4n) is 2.94. The average molecular weight is 412 g/mol. The maximum atomic E-state index is 10.6. The molecule has 1 saturated heterocycles. The van der Waals surface area contributed by atoms with Crippen molar-refractivity contribution in [2.75, 3.05) is 11.9 Å². The topological polar surface area (TPSA) is 84.3 Å². The second-order valence-electron chi connectivity index (χ2n) is 6.38. The number of carboxylic acids is 1. The van der Waals surface area contributed by atoms with Crippen LogP contribution in [-0.4, -0.2) is 33.8 Å². The van der Waals surface area contributed by atoms with Crippen LogP contribution in [0.5, 0.6) is 0 Å². The fraction of sp³-hybridized carbons (Fsp3) is 0.421. The van der Waals surface area contributed by atoms with E-state index in [0.717, 1.165) is 49.2 Å². The van der Waals surface area contributed by atoms with E-state index in [1.54, 1.807) is 6.20 Å². The molecular formula is C19H23Cl2N3O3. The average Bonchev–Trinajstić information content (AvgIpc) is 3.15. The molecule has 1 fully saturated rings. The number of halogens is 2. The molecular weight excluding hydrogens is 389 g/mol. The molecule has 2 aromatic rings. The first-order valence-corrected chi connectivity index (χ1v) is 9.19. The van der Waals surface area contributed by atoms with Crippen LogP contribution >= 0.6 is 24.0 Å². The van der Waals surface area contributed by atoms with Crippen LogP contribution in [-0.2, 0) is 22.4 Å². The van der Waals surface area contributed by atoms with Gasteiger partial charge in [0.15, 0.2) is 0 Å². The highest BCUT2D eigenvalue weighted by molar-refractivity contribution is 6.31. The number of nitrogens with zero attached hydrogens (tertiary/aromatic N) is 2. The van der Waals surface area contributed by atoms with Crippen LogP contribution in [0.15, 0.2) is 30.5 Å². The molecule has 3 rings (SSSR count). The Labute approximate surface area is 169 Å². The van der Waals surface area contributed by atoms with Gasteiger partial charge in [0.1, 0.15) is 0 Å². The summed E-state index contributed by atoms with van der Waals surface area (Å²) in [5.74, 6) is -0.299. The minimum atomic E-state index is -0.794. The van der Waals surface area contributed by atoms with Crippen molar-refractivity contribution in [3.63, 3.8) is 0 Å². The monoisotopic (exact) mass is 411 g/mol. The van der Waals surface area contributed by atoms with Crippen LogP contribution in [0.3, 0.4) is 0 Å². The molecule has 6 nitrogen and oxygen atoms in total. The molecule has 0 bridgehead atoms. The second-order valence-corrected chi connectivity index (χ2v) is 6.78. The largest absolute Gasteiger partial charge is 0.481 e. The minimum absolute atomic E-state index is 0. The molecule has 8 heteroatoms. The number of benzene rings is 1. The summed E-state index contributed by atoms with van der Waals surface area (Å²) in [7, 11) is 0. The number of rotatable bonds is 8. The van der Waals surface area contributed by atoms with E-state index in [4.69, 9.17) is 21.4 Å². The third kappa shape index (κ3) is 6.65. The smallest absolute Gasteiger partial charge is 0.303 e. The third-order valence-corrected chi connectivity index (χ3v) is 4.70. The summed E-state index contributed by atoms with van der Waals surface area (Å²) in [6.07, 6.45) is 6.45. The fourth-order valence-corrected chi connectivity index (χ4v) is 3.13. The Balaban J connectivity index is 0.00000261. The van der Waals surface area contributed by atoms with E-state index >= 15 is 0 Å². The van der Waals surface area contributed by atoms with Gasteiger partial charge in [-0.2, -0.15) is 0 Å². The first-order chi connectivity index (χ1) is 12.6. The number of hydrogen-bond acceptors (Lipinski definition) is 5. The standard InChI is InChI=1S/C19H22ClN3O3.ClH/c20-16-12-21-19(23-17(16)9-8-15-2-1-11-26-15)22-14-6-3-13(4-7-14)5-10-18(24)25;/h3-4,6-7,12,15H,1-2,5,8-11H2,(H,24,25)(H,21,22,23);1H/t15-;/m0./s1. The van der Waals surface area contributed by atoms with Gasteiger partial charge in [-0.3, -0.25) is 4.79 Å². The highest BCUT2D eigenvalue weighted by Crippen LogP contribution is 2.22. The zero-order valence-corrected chi connectivity index (χ0v) is 16.4. The number of anilines is 2. The predicted molar refractivity (Wildman–Crippen MR) is 107 cm³/mol. The van der Waals surface area contributed by atoms with Crippen LogP contribution < -0.4 is 5.32 Å². The van der Waals surface area contributed by atoms with Crippen molar-refractivity contribution in [2.24, 2.45) is 0 Å². The molecule has 1 aromatic heterocycles. The lowest BCUT2D eigenvalue weighted by molar-refractivity contribution is -0.136. The van der Waals surface area contributed by atoms with E-state index in [-0.39, 0.29) is 18.8 Å². The predicted octanol–water partition coefficient (Wildman–Crippen LogP) is 4.42. The molecule has 1 aromatic carbocycles. The van der Waals surface area contributed by atoms with Crippen LogP contribution in [0.4, 0.5) is 11.6 Å². The Bertz CT molecular complexity index is 750. The highest BCUT2D eigenvalue weighted by atomic mass is 35.5. The van der Waals surface area contributed by atoms with Crippen LogP contribution in [0.2, 0.25) is 5.02 Å². The summed E-state index contributed by atoms with van der Waals surface area (Å²) in [6, 6.07) is 7.58. The van der Waals surface area contributed by atoms with E-state index in [0.29, 0.717) is 23.5 Å². The van der Waals surface area contributed by atoms with Gasteiger partial charge in [-0.25, -0.2) is 9.97 Å². The maximum absolute atomic E-state index is 10.6. The summed E-state index contributed by atoms with van der Waals surface area (Å²) in [6.45, 7) is 0.845. The van der Waals surface area contributed by atoms with Gasteiger partial charge in [0.25, 0.3) is 0 Å². The lowest BCUT2D eigenvalue weighted by Crippen LogP contribution is -2.08. The van der Waals surface area contributed by atoms with E-state index in [2.05, 4.69) is 15.3 Å². The lowest BCUT2D eigenvalue weighted by Gasteiger charge is -2.11. The molecule has 1 aliphatic heterocycles. The first-order valence-electron chi connectivity index (χ1n) is 8.81. The Morgan fingerprint density at radius 1 is 1.30 bits per heavy atom. The Hall–Kier alpha value is -1.89. The number of hydrogen-bond donors (Lipinski definition) is 2. The van der Waals surface area contributed by atoms with Crippen molar-refractivity contribution in [2.45, 2.75) is 44.6 Å². The van der Waals surface area contributed by atoms with Gasteiger partial charge >= 0.3 is 5.97 Å². The minimum Gasteiger partial charge on any atom is -0.481 e. The van der Waals surface area contributed by atoms with E-state index in [1.165, 1.54) is 0 Å². The summed E-state index contributed by atoms with van der Waals surface area (Å²) < 4.78 is 5.65. The zero-order chi connectivity index (χ0) is 18.4. The quantitative estimate of drug-likeness (QED) is 0.668. The first kappa shape index (κ1) is 21.4. The van der Waals surface area contributed by atoms with Gasteiger partial charge < -0.3 is 15.2 Å². The van der Waals surface area contributed by atoms with Crippen molar-refractivity contribution in [1.29, 1.82) is 0 Å². The van der Waals surface area contributed by atoms with Crippen LogP contribution in [0.25, 0.3) is 0 Å². The molecule has 0 radical (unpaired) electrons. The van der Waals surface area contributed by atoms with Gasteiger partial charge in [0.05, 0.1) is 23.0 Å². The van der Waals surface area contributed by atoms with Crippen molar-refractivity contribution in [3.8, 4) is 0 Å². The Morgan fingerprint density at radius 2 is 2.07 bits per heavy atom. The van der Waals surface area contributed by atoms with Crippen molar-refractivity contribution >= 4 is 41.6 Å². The number of aromatic nitrogens is 2. The van der Waals surface area contributed by atoms with Gasteiger partial charge in [0, 0.05) is 18.7 Å². The molecule has 0 saturated carbocycles. The van der Waals surface area contributed by atoms with Gasteiger partial charge in [-0.1, -0.05) is 23.7 Å². The maximum Gasteiger partial charge on any atom is 0.303 e. The summed E-state index contributed by atoms with van der Waals surface area (Å²) in [4.78, 5) is 19.4. The van der Waals surface area contributed by atoms with Crippen molar-refractivity contribution in [1.82, 2.24) is 9.97 Å². The molecule has 2 N–H and O–H groups in total. The second kappa shape index (κ2) is 10.4. The highest BCUT2D eigenvalue weighted by Gasteiger charge is 2.16. The van der Waals surface area contributed by atoms with E-state index in [9.17, 15) is 4.79 Å². The van der Waals surface area contributed by atoms with Crippen molar-refractivity contribution < 1.29 is 14.6 Å². The van der Waals surface area contributed by atoms with Crippen LogP contribution in [0.1, 0.15) is 36.9 Å². The molecule has 0 unspecified atom stereocenters. The molecule has 2 heterocycles. The molecule has 146 valence electrons. The molecule has 1 aliphatic rings. The van der Waals surface area contributed by atoms with Gasteiger partial charge in [0.2, 0.25) is 5.95 Å². The van der Waals surface area contributed by atoms with Gasteiger partial charge in [-0.15, -0.1) is 12.4 Å². The Morgan fingerprint density at radius 3 is 2.74 bits per heavy atom. The summed E-state index contributed by atoms with van der Waals surface area (Å²) in [5.41, 5.74) is 2.64. The van der Waals surface area contributed by atoms with E-state index < -0.39 is 5.97 Å². The summed E-state index contributed by atoms with van der Waals surface area (Å²) >= 11 is 6.22. The van der Waals surface area contributed by atoms with Crippen LogP contribution in [0, 0.1) is 0 Å². The number of aliphatic carboxylic acids is 1. The number of aryl methyl sites for hydroxylation is 2.